The maximum absolute atomic E-state index is 12.3. The molecule has 2 rings (SSSR count). The molecule has 0 atom stereocenters. The molecule has 0 bridgehead atoms. The molecular weight excluding hydrogens is 244 g/mol. The van der Waals surface area contributed by atoms with Crippen molar-refractivity contribution < 1.29 is 14.7 Å². The van der Waals surface area contributed by atoms with Gasteiger partial charge in [-0.1, -0.05) is 26.2 Å². The minimum absolute atomic E-state index is 0.180. The van der Waals surface area contributed by atoms with E-state index in [4.69, 9.17) is 0 Å². The first kappa shape index (κ1) is 14.2. The van der Waals surface area contributed by atoms with Crippen LogP contribution < -0.4 is 5.32 Å². The minimum Gasteiger partial charge on any atom is -0.480 e. The fourth-order valence-corrected chi connectivity index (χ4v) is 2.81. The van der Waals surface area contributed by atoms with Gasteiger partial charge in [0.2, 0.25) is 0 Å². The molecule has 0 aromatic heterocycles. The second-order valence-electron chi connectivity index (χ2n) is 5.80. The van der Waals surface area contributed by atoms with E-state index in [9.17, 15) is 14.7 Å². The van der Waals surface area contributed by atoms with Crippen molar-refractivity contribution in [2.24, 2.45) is 0 Å². The van der Waals surface area contributed by atoms with Crippen LogP contribution in [0.3, 0.4) is 0 Å². The summed E-state index contributed by atoms with van der Waals surface area (Å²) in [5.41, 5.74) is -1.02. The predicted molar refractivity (Wildman–Crippen MR) is 72.0 cm³/mol. The number of carboxylic acid groups (broad SMARTS) is 1. The lowest BCUT2D eigenvalue weighted by Crippen LogP contribution is -2.56. The third kappa shape index (κ3) is 3.19. The van der Waals surface area contributed by atoms with E-state index in [2.05, 4.69) is 12.2 Å². The molecule has 0 spiro atoms. The van der Waals surface area contributed by atoms with Crippen molar-refractivity contribution in [3.8, 4) is 0 Å². The zero-order chi connectivity index (χ0) is 13.9. The van der Waals surface area contributed by atoms with Crippen molar-refractivity contribution in [2.75, 3.05) is 6.54 Å². The highest BCUT2D eigenvalue weighted by Crippen LogP contribution is 2.32. The Kier molecular flexibility index (Phi) is 4.32. The van der Waals surface area contributed by atoms with Crippen LogP contribution in [0.5, 0.6) is 0 Å². The first-order valence-electron chi connectivity index (χ1n) is 7.41. The Labute approximate surface area is 114 Å². The monoisotopic (exact) mass is 268 g/mol. The lowest BCUT2D eigenvalue weighted by molar-refractivity contribution is -0.144. The Bertz CT molecular complexity index is 347. The number of nitrogens with one attached hydrogen (secondary N) is 1. The molecule has 0 radical (unpaired) electrons. The van der Waals surface area contributed by atoms with Crippen molar-refractivity contribution in [2.45, 2.75) is 69.9 Å². The lowest BCUT2D eigenvalue weighted by Gasteiger charge is -2.30. The highest BCUT2D eigenvalue weighted by molar-refractivity contribution is 5.86. The molecule has 108 valence electrons. The minimum atomic E-state index is -1.02. The number of hydrogen-bond donors (Lipinski definition) is 2. The summed E-state index contributed by atoms with van der Waals surface area (Å²) in [5, 5.41) is 12.2. The number of rotatable bonds is 6. The average molecular weight is 268 g/mol. The molecule has 0 unspecified atom stereocenters. The Morgan fingerprint density at radius 3 is 2.42 bits per heavy atom. The van der Waals surface area contributed by atoms with Gasteiger partial charge in [0.25, 0.3) is 0 Å². The van der Waals surface area contributed by atoms with Gasteiger partial charge in [-0.3, -0.25) is 0 Å². The molecule has 2 N–H and O–H groups in total. The van der Waals surface area contributed by atoms with Gasteiger partial charge in [0.1, 0.15) is 5.54 Å². The van der Waals surface area contributed by atoms with Crippen LogP contribution in [0.25, 0.3) is 0 Å². The van der Waals surface area contributed by atoms with Gasteiger partial charge in [0.15, 0.2) is 0 Å². The summed E-state index contributed by atoms with van der Waals surface area (Å²) in [6.07, 6.45) is 7.00. The smallest absolute Gasteiger partial charge is 0.329 e. The number of hydrogen-bond acceptors (Lipinski definition) is 2. The lowest BCUT2D eigenvalue weighted by atomic mass is 9.98. The maximum atomic E-state index is 12.3. The molecular formula is C14H24N2O3. The van der Waals surface area contributed by atoms with Gasteiger partial charge < -0.3 is 15.3 Å². The highest BCUT2D eigenvalue weighted by atomic mass is 16.4. The van der Waals surface area contributed by atoms with E-state index in [0.29, 0.717) is 18.9 Å². The van der Waals surface area contributed by atoms with E-state index in [-0.39, 0.29) is 6.03 Å². The average Bonchev–Trinajstić information content (AvgIpc) is 3.09. The summed E-state index contributed by atoms with van der Waals surface area (Å²) in [7, 11) is 0. The van der Waals surface area contributed by atoms with Crippen LogP contribution >= 0.6 is 0 Å². The molecule has 2 amide bonds. The largest absolute Gasteiger partial charge is 0.480 e. The van der Waals surface area contributed by atoms with Crippen LogP contribution in [0.15, 0.2) is 0 Å². The summed E-state index contributed by atoms with van der Waals surface area (Å²) in [5.74, 6) is -0.885. The first-order valence-corrected chi connectivity index (χ1v) is 7.41. The van der Waals surface area contributed by atoms with Gasteiger partial charge in [0, 0.05) is 12.6 Å². The molecule has 2 aliphatic rings. The van der Waals surface area contributed by atoms with E-state index in [1.165, 1.54) is 0 Å². The summed E-state index contributed by atoms with van der Waals surface area (Å²) in [4.78, 5) is 25.6. The Morgan fingerprint density at radius 1 is 1.32 bits per heavy atom. The normalized spacial score (nSPS) is 21.1. The SMILES string of the molecule is CCCCN(C(=O)NC1(C(=O)O)CCCC1)C1CC1. The standard InChI is InChI=1S/C14H24N2O3/c1-2-3-10-16(11-6-7-11)13(19)15-14(12(17)18)8-4-5-9-14/h11H,2-10H2,1H3,(H,15,19)(H,17,18). The molecule has 0 aromatic carbocycles. The van der Waals surface area contributed by atoms with E-state index in [0.717, 1.165) is 45.1 Å². The van der Waals surface area contributed by atoms with Gasteiger partial charge in [-0.05, 0) is 32.1 Å². The van der Waals surface area contributed by atoms with Crippen molar-refractivity contribution in [1.29, 1.82) is 0 Å². The van der Waals surface area contributed by atoms with Crippen LogP contribution in [0.1, 0.15) is 58.3 Å². The van der Waals surface area contributed by atoms with Crippen LogP contribution in [0, 0.1) is 0 Å². The molecule has 0 saturated heterocycles. The van der Waals surface area contributed by atoms with Crippen molar-refractivity contribution in [3.63, 3.8) is 0 Å². The molecule has 0 aliphatic heterocycles. The van der Waals surface area contributed by atoms with Crippen LogP contribution in [0.4, 0.5) is 4.79 Å². The number of carboxylic acids is 1. The second kappa shape index (κ2) is 5.80. The van der Waals surface area contributed by atoms with E-state index >= 15 is 0 Å². The molecule has 0 heterocycles. The second-order valence-corrected chi connectivity index (χ2v) is 5.80. The van der Waals surface area contributed by atoms with Crippen LogP contribution in [-0.4, -0.2) is 40.1 Å². The molecule has 2 aliphatic carbocycles. The molecule has 0 aromatic rings. The number of unbranched alkanes of at least 4 members (excludes halogenated alkanes) is 1. The van der Waals surface area contributed by atoms with Crippen LogP contribution in [0.2, 0.25) is 0 Å². The van der Waals surface area contributed by atoms with Crippen LogP contribution in [-0.2, 0) is 4.79 Å². The van der Waals surface area contributed by atoms with Crippen molar-refractivity contribution >= 4 is 12.0 Å². The van der Waals surface area contributed by atoms with E-state index < -0.39 is 11.5 Å². The predicted octanol–water partition coefficient (Wildman–Crippen LogP) is 2.36. The van der Waals surface area contributed by atoms with E-state index in [1.54, 1.807) is 0 Å². The zero-order valence-corrected chi connectivity index (χ0v) is 11.7. The summed E-state index contributed by atoms with van der Waals surface area (Å²) >= 11 is 0. The maximum Gasteiger partial charge on any atom is 0.329 e. The number of aliphatic carboxylic acids is 1. The van der Waals surface area contributed by atoms with Gasteiger partial charge >= 0.3 is 12.0 Å². The number of urea groups is 1. The Hall–Kier alpha value is -1.26. The molecule has 5 heteroatoms. The topological polar surface area (TPSA) is 69.6 Å². The number of carbonyl (C=O) groups excluding carboxylic acids is 1. The molecule has 2 fully saturated rings. The van der Waals surface area contributed by atoms with Gasteiger partial charge in [0.05, 0.1) is 0 Å². The van der Waals surface area contributed by atoms with E-state index in [1.807, 2.05) is 4.90 Å². The summed E-state index contributed by atoms with van der Waals surface area (Å²) < 4.78 is 0. The zero-order valence-electron chi connectivity index (χ0n) is 11.7. The van der Waals surface area contributed by atoms with Crippen molar-refractivity contribution in [3.05, 3.63) is 0 Å². The van der Waals surface area contributed by atoms with Gasteiger partial charge in [-0.2, -0.15) is 0 Å². The first-order chi connectivity index (χ1) is 9.09. The summed E-state index contributed by atoms with van der Waals surface area (Å²) in [6.45, 7) is 2.83. The molecule has 2 saturated carbocycles. The number of nitrogens with zero attached hydrogens (tertiary/aromatic N) is 1. The van der Waals surface area contributed by atoms with Gasteiger partial charge in [-0.15, -0.1) is 0 Å². The number of carbonyl (C=O) groups is 2. The third-order valence-corrected chi connectivity index (χ3v) is 4.21. The third-order valence-electron chi connectivity index (χ3n) is 4.21. The highest BCUT2D eigenvalue weighted by Gasteiger charge is 2.44. The van der Waals surface area contributed by atoms with Gasteiger partial charge in [-0.25, -0.2) is 9.59 Å². The fourth-order valence-electron chi connectivity index (χ4n) is 2.81. The molecule has 19 heavy (non-hydrogen) atoms. The fraction of sp³-hybridized carbons (Fsp3) is 0.857. The summed E-state index contributed by atoms with van der Waals surface area (Å²) in [6, 6.07) is 0.152. The Balaban J connectivity index is 1.98. The number of amides is 2. The quantitative estimate of drug-likeness (QED) is 0.777. The Morgan fingerprint density at radius 2 is 1.95 bits per heavy atom. The molecule has 5 nitrogen and oxygen atoms in total. The van der Waals surface area contributed by atoms with Crippen molar-refractivity contribution in [1.82, 2.24) is 10.2 Å².